The number of benzene rings is 1. The van der Waals surface area contributed by atoms with Crippen molar-refractivity contribution in [3.05, 3.63) is 35.4 Å². The number of nitrogens with one attached hydrogen (secondary N) is 2. The standard InChI is InChI=1S/C14H22N2O3/c1-18-8-7-15-10-14(17)16-9-12-5-3-4-6-13(12)11-19-2/h3-6,15H,7-11H2,1-2H3,(H,16,17). The van der Waals surface area contributed by atoms with E-state index in [9.17, 15) is 4.79 Å². The molecule has 0 saturated carbocycles. The van der Waals surface area contributed by atoms with E-state index in [2.05, 4.69) is 10.6 Å². The number of carbonyl (C=O) groups is 1. The highest BCUT2D eigenvalue weighted by Gasteiger charge is 2.04. The second-order valence-corrected chi connectivity index (χ2v) is 4.15. The van der Waals surface area contributed by atoms with Crippen molar-refractivity contribution in [3.8, 4) is 0 Å². The third kappa shape index (κ3) is 6.33. The lowest BCUT2D eigenvalue weighted by Gasteiger charge is -2.10. The Morgan fingerprint density at radius 3 is 2.58 bits per heavy atom. The Kier molecular flexibility index (Phi) is 7.81. The number of amides is 1. The zero-order valence-corrected chi connectivity index (χ0v) is 11.6. The Bertz CT molecular complexity index is 383. The van der Waals surface area contributed by atoms with Gasteiger partial charge in [-0.15, -0.1) is 0 Å². The van der Waals surface area contributed by atoms with E-state index in [1.807, 2.05) is 24.3 Å². The third-order valence-electron chi connectivity index (χ3n) is 2.66. The molecule has 0 unspecified atom stereocenters. The predicted molar refractivity (Wildman–Crippen MR) is 73.7 cm³/mol. The van der Waals surface area contributed by atoms with Gasteiger partial charge in [-0.3, -0.25) is 4.79 Å². The van der Waals surface area contributed by atoms with Crippen LogP contribution in [0, 0.1) is 0 Å². The highest BCUT2D eigenvalue weighted by molar-refractivity contribution is 5.77. The molecule has 1 rings (SSSR count). The van der Waals surface area contributed by atoms with Crippen molar-refractivity contribution in [2.75, 3.05) is 33.9 Å². The zero-order chi connectivity index (χ0) is 13.9. The molecular formula is C14H22N2O3. The van der Waals surface area contributed by atoms with Crippen molar-refractivity contribution < 1.29 is 14.3 Å². The highest BCUT2D eigenvalue weighted by atomic mass is 16.5. The van der Waals surface area contributed by atoms with E-state index in [4.69, 9.17) is 9.47 Å². The number of hydrogen-bond acceptors (Lipinski definition) is 4. The minimum Gasteiger partial charge on any atom is -0.383 e. The van der Waals surface area contributed by atoms with Crippen molar-refractivity contribution in [3.63, 3.8) is 0 Å². The molecule has 1 aromatic rings. The molecule has 0 saturated heterocycles. The van der Waals surface area contributed by atoms with Crippen LogP contribution >= 0.6 is 0 Å². The summed E-state index contributed by atoms with van der Waals surface area (Å²) in [6, 6.07) is 7.91. The lowest BCUT2D eigenvalue weighted by atomic mass is 10.1. The molecule has 0 aliphatic rings. The first-order valence-electron chi connectivity index (χ1n) is 6.30. The van der Waals surface area contributed by atoms with Gasteiger partial charge in [-0.25, -0.2) is 0 Å². The van der Waals surface area contributed by atoms with Gasteiger partial charge in [0.25, 0.3) is 0 Å². The molecule has 0 bridgehead atoms. The molecule has 1 aromatic carbocycles. The molecular weight excluding hydrogens is 244 g/mol. The van der Waals surface area contributed by atoms with E-state index in [-0.39, 0.29) is 5.91 Å². The fraction of sp³-hybridized carbons (Fsp3) is 0.500. The number of rotatable bonds is 9. The molecule has 0 aromatic heterocycles. The summed E-state index contributed by atoms with van der Waals surface area (Å²) in [5.41, 5.74) is 2.17. The summed E-state index contributed by atoms with van der Waals surface area (Å²) in [6.45, 7) is 2.65. The number of ether oxygens (including phenoxy) is 2. The summed E-state index contributed by atoms with van der Waals surface area (Å²) in [4.78, 5) is 11.6. The Morgan fingerprint density at radius 1 is 1.16 bits per heavy atom. The van der Waals surface area contributed by atoms with Gasteiger partial charge in [0.15, 0.2) is 0 Å². The second kappa shape index (κ2) is 9.49. The van der Waals surface area contributed by atoms with E-state index < -0.39 is 0 Å². The predicted octanol–water partition coefficient (Wildman–Crippen LogP) is 0.685. The first-order chi connectivity index (χ1) is 9.27. The maximum absolute atomic E-state index is 11.6. The molecule has 106 valence electrons. The average molecular weight is 266 g/mol. The number of hydrogen-bond donors (Lipinski definition) is 2. The molecule has 1 amide bonds. The van der Waals surface area contributed by atoms with Gasteiger partial charge in [0.05, 0.1) is 19.8 Å². The maximum atomic E-state index is 11.6. The van der Waals surface area contributed by atoms with Gasteiger partial charge < -0.3 is 20.1 Å². The van der Waals surface area contributed by atoms with Gasteiger partial charge in [0.2, 0.25) is 5.91 Å². The van der Waals surface area contributed by atoms with E-state index in [0.717, 1.165) is 11.1 Å². The van der Waals surface area contributed by atoms with Crippen molar-refractivity contribution in [1.29, 1.82) is 0 Å². The van der Waals surface area contributed by atoms with Crippen molar-refractivity contribution in [1.82, 2.24) is 10.6 Å². The smallest absolute Gasteiger partial charge is 0.234 e. The SMILES string of the molecule is COCCNCC(=O)NCc1ccccc1COC. The van der Waals surface area contributed by atoms with Gasteiger partial charge in [0.1, 0.15) is 0 Å². The van der Waals surface area contributed by atoms with Crippen LogP contribution in [-0.2, 0) is 27.4 Å². The Balaban J connectivity index is 2.33. The molecule has 0 heterocycles. The highest BCUT2D eigenvalue weighted by Crippen LogP contribution is 2.09. The van der Waals surface area contributed by atoms with Gasteiger partial charge in [-0.1, -0.05) is 24.3 Å². The van der Waals surface area contributed by atoms with E-state index in [1.54, 1.807) is 14.2 Å². The molecule has 0 aliphatic heterocycles. The first kappa shape index (κ1) is 15.6. The molecule has 0 aliphatic carbocycles. The summed E-state index contributed by atoms with van der Waals surface area (Å²) < 4.78 is 10.0. The zero-order valence-electron chi connectivity index (χ0n) is 11.6. The largest absolute Gasteiger partial charge is 0.383 e. The van der Waals surface area contributed by atoms with Gasteiger partial charge in [-0.05, 0) is 11.1 Å². The molecule has 0 fully saturated rings. The van der Waals surface area contributed by atoms with Crippen LogP contribution in [0.15, 0.2) is 24.3 Å². The van der Waals surface area contributed by atoms with Gasteiger partial charge in [-0.2, -0.15) is 0 Å². The molecule has 2 N–H and O–H groups in total. The van der Waals surface area contributed by atoms with Crippen molar-refractivity contribution >= 4 is 5.91 Å². The van der Waals surface area contributed by atoms with Crippen LogP contribution in [0.4, 0.5) is 0 Å². The van der Waals surface area contributed by atoms with E-state index in [0.29, 0.717) is 32.8 Å². The quantitative estimate of drug-likeness (QED) is 0.646. The monoisotopic (exact) mass is 266 g/mol. The lowest BCUT2D eigenvalue weighted by molar-refractivity contribution is -0.120. The summed E-state index contributed by atoms with van der Waals surface area (Å²) in [5.74, 6) is -0.0247. The average Bonchev–Trinajstić information content (AvgIpc) is 2.43. The molecule has 5 heteroatoms. The van der Waals surface area contributed by atoms with Crippen molar-refractivity contribution in [2.45, 2.75) is 13.2 Å². The third-order valence-corrected chi connectivity index (χ3v) is 2.66. The first-order valence-corrected chi connectivity index (χ1v) is 6.30. The minimum absolute atomic E-state index is 0.0247. The van der Waals surface area contributed by atoms with Gasteiger partial charge >= 0.3 is 0 Å². The fourth-order valence-corrected chi connectivity index (χ4v) is 1.66. The molecule has 0 radical (unpaired) electrons. The Labute approximate surface area is 114 Å². The van der Waals surface area contributed by atoms with Crippen LogP contribution < -0.4 is 10.6 Å². The second-order valence-electron chi connectivity index (χ2n) is 4.15. The van der Waals surface area contributed by atoms with Crippen LogP contribution in [0.25, 0.3) is 0 Å². The van der Waals surface area contributed by atoms with Crippen LogP contribution in [0.5, 0.6) is 0 Å². The topological polar surface area (TPSA) is 59.6 Å². The molecule has 0 atom stereocenters. The number of carbonyl (C=O) groups excluding carboxylic acids is 1. The normalized spacial score (nSPS) is 10.4. The maximum Gasteiger partial charge on any atom is 0.234 e. The molecule has 19 heavy (non-hydrogen) atoms. The van der Waals surface area contributed by atoms with E-state index >= 15 is 0 Å². The lowest BCUT2D eigenvalue weighted by Crippen LogP contribution is -2.35. The van der Waals surface area contributed by atoms with Crippen LogP contribution in [0.2, 0.25) is 0 Å². The van der Waals surface area contributed by atoms with Gasteiger partial charge in [0, 0.05) is 27.3 Å². The van der Waals surface area contributed by atoms with E-state index in [1.165, 1.54) is 0 Å². The summed E-state index contributed by atoms with van der Waals surface area (Å²) >= 11 is 0. The Hall–Kier alpha value is -1.43. The van der Waals surface area contributed by atoms with Crippen LogP contribution in [0.1, 0.15) is 11.1 Å². The fourth-order valence-electron chi connectivity index (χ4n) is 1.66. The molecule has 5 nitrogen and oxygen atoms in total. The van der Waals surface area contributed by atoms with Crippen LogP contribution in [0.3, 0.4) is 0 Å². The molecule has 0 spiro atoms. The summed E-state index contributed by atoms with van der Waals surface area (Å²) in [6.07, 6.45) is 0. The Morgan fingerprint density at radius 2 is 1.89 bits per heavy atom. The van der Waals surface area contributed by atoms with Crippen LogP contribution in [-0.4, -0.2) is 39.8 Å². The minimum atomic E-state index is -0.0247. The number of methoxy groups -OCH3 is 2. The summed E-state index contributed by atoms with van der Waals surface area (Å²) in [7, 11) is 3.30. The summed E-state index contributed by atoms with van der Waals surface area (Å²) in [5, 5.41) is 5.88. The van der Waals surface area contributed by atoms with Crippen molar-refractivity contribution in [2.24, 2.45) is 0 Å².